The topological polar surface area (TPSA) is 19.6 Å². The first-order chi connectivity index (χ1) is 13.4. The summed E-state index contributed by atoms with van der Waals surface area (Å²) in [5.74, 6) is 0. The standard InChI is InChI=1S/C24H26IN2O/c1-16(2)26-20-11-7-8-12-21(20)27(25(26,4)5)23-17(3)14-15-19-18-10-6-9-13-22(18)28-24(19)23/h6-16H,1-5H3/q-1. The Morgan fingerprint density at radius 2 is 1.50 bits per heavy atom. The fourth-order valence-corrected chi connectivity index (χ4v) is 12.9. The molecule has 0 atom stereocenters. The molecule has 0 unspecified atom stereocenters. The predicted octanol–water partition coefficient (Wildman–Crippen LogP) is 3.51. The fraction of sp³-hybridized carbons (Fsp3) is 0.250. The SMILES string of the molecule is Cc1ccc2c(oc3ccccc32)c1N1c2ccccc2N(C(C)C)[I-]1(C)C. The van der Waals surface area contributed by atoms with E-state index >= 15 is 0 Å². The Hall–Kier alpha value is -2.21. The van der Waals surface area contributed by atoms with Crippen molar-refractivity contribution in [2.75, 3.05) is 16.1 Å². The Labute approximate surface area is 171 Å². The Balaban J connectivity index is 1.86. The summed E-state index contributed by atoms with van der Waals surface area (Å²) in [5, 5.41) is 2.39. The molecule has 0 N–H and O–H groups in total. The van der Waals surface area contributed by atoms with Gasteiger partial charge in [0.2, 0.25) is 0 Å². The van der Waals surface area contributed by atoms with Gasteiger partial charge < -0.3 is 0 Å². The van der Waals surface area contributed by atoms with Gasteiger partial charge in [0, 0.05) is 0 Å². The summed E-state index contributed by atoms with van der Waals surface area (Å²) >= 11 is -2.53. The molecule has 0 fully saturated rings. The van der Waals surface area contributed by atoms with Gasteiger partial charge in [0.15, 0.2) is 0 Å². The van der Waals surface area contributed by atoms with Crippen LogP contribution in [0.4, 0.5) is 17.1 Å². The minimum absolute atomic E-state index is 0.465. The summed E-state index contributed by atoms with van der Waals surface area (Å²) in [4.78, 5) is 4.96. The number of aryl methyl sites for hydroxylation is 1. The van der Waals surface area contributed by atoms with Gasteiger partial charge in [0.05, 0.1) is 0 Å². The van der Waals surface area contributed by atoms with Crippen molar-refractivity contribution in [1.82, 2.24) is 0 Å². The van der Waals surface area contributed by atoms with Crippen molar-refractivity contribution in [2.45, 2.75) is 26.8 Å². The van der Waals surface area contributed by atoms with Gasteiger partial charge in [-0.1, -0.05) is 0 Å². The quantitative estimate of drug-likeness (QED) is 0.246. The molecular formula is C24H26IN2O-. The predicted molar refractivity (Wildman–Crippen MR) is 117 cm³/mol. The second-order valence-corrected chi connectivity index (χ2v) is 16.5. The third-order valence-electron chi connectivity index (χ3n) is 5.55. The number of para-hydroxylation sites is 3. The van der Waals surface area contributed by atoms with Gasteiger partial charge in [-0.15, -0.1) is 0 Å². The zero-order valence-electron chi connectivity index (χ0n) is 17.0. The second-order valence-electron chi connectivity index (χ2n) is 8.01. The molecule has 2 heterocycles. The number of furan rings is 1. The average molecular weight is 485 g/mol. The number of hydrogen-bond acceptors (Lipinski definition) is 3. The van der Waals surface area contributed by atoms with Gasteiger partial charge in [0.1, 0.15) is 0 Å². The molecule has 3 aromatic carbocycles. The second kappa shape index (κ2) is 6.14. The van der Waals surface area contributed by atoms with E-state index in [0.717, 1.165) is 11.2 Å². The number of benzene rings is 3. The number of alkyl halides is 2. The van der Waals surface area contributed by atoms with E-state index in [0.29, 0.717) is 6.04 Å². The zero-order valence-corrected chi connectivity index (χ0v) is 19.2. The Bertz CT molecular complexity index is 1210. The molecular weight excluding hydrogens is 459 g/mol. The molecule has 0 saturated carbocycles. The average Bonchev–Trinajstić information content (AvgIpc) is 3.13. The van der Waals surface area contributed by atoms with E-state index in [2.05, 4.69) is 91.5 Å². The normalized spacial score (nSPS) is 16.9. The molecule has 4 aromatic rings. The van der Waals surface area contributed by atoms with Crippen LogP contribution in [-0.4, -0.2) is 15.9 Å². The molecule has 0 radical (unpaired) electrons. The van der Waals surface area contributed by atoms with Gasteiger partial charge in [0.25, 0.3) is 0 Å². The molecule has 0 amide bonds. The van der Waals surface area contributed by atoms with E-state index in [1.807, 2.05) is 6.07 Å². The van der Waals surface area contributed by atoms with E-state index < -0.39 is 19.0 Å². The van der Waals surface area contributed by atoms with Crippen LogP contribution < -0.4 is 25.2 Å². The van der Waals surface area contributed by atoms with Crippen molar-refractivity contribution >= 4 is 39.0 Å². The Kier molecular flexibility index (Phi) is 3.92. The van der Waals surface area contributed by atoms with Gasteiger partial charge in [-0.25, -0.2) is 0 Å². The maximum absolute atomic E-state index is 6.45. The molecule has 4 heteroatoms. The molecule has 146 valence electrons. The number of halogens is 1. The summed E-state index contributed by atoms with van der Waals surface area (Å²) < 4.78 is 11.8. The van der Waals surface area contributed by atoms with Gasteiger partial charge >= 0.3 is 172 Å². The molecule has 1 aromatic heterocycles. The zero-order chi connectivity index (χ0) is 19.6. The molecule has 1 aliphatic rings. The third-order valence-corrected chi connectivity index (χ3v) is 13.1. The summed E-state index contributed by atoms with van der Waals surface area (Å²) in [5.41, 5.74) is 7.15. The van der Waals surface area contributed by atoms with Crippen LogP contribution >= 0.6 is 0 Å². The van der Waals surface area contributed by atoms with Crippen LogP contribution in [0, 0.1) is 6.92 Å². The van der Waals surface area contributed by atoms with Crippen molar-refractivity contribution in [3.63, 3.8) is 0 Å². The van der Waals surface area contributed by atoms with Crippen LogP contribution in [0.15, 0.2) is 65.1 Å². The summed E-state index contributed by atoms with van der Waals surface area (Å²) in [6.45, 7) is 6.82. The first-order valence-corrected chi connectivity index (χ1v) is 15.9. The molecule has 0 saturated heterocycles. The van der Waals surface area contributed by atoms with Gasteiger partial charge in [-0.05, 0) is 0 Å². The van der Waals surface area contributed by atoms with E-state index in [-0.39, 0.29) is 0 Å². The molecule has 0 bridgehead atoms. The summed E-state index contributed by atoms with van der Waals surface area (Å²) in [7, 11) is 0. The Morgan fingerprint density at radius 3 is 2.25 bits per heavy atom. The first kappa shape index (κ1) is 17.9. The number of fused-ring (bicyclic) bond motifs is 4. The third kappa shape index (κ3) is 2.33. The van der Waals surface area contributed by atoms with Crippen LogP contribution in [0.5, 0.6) is 0 Å². The number of nitrogens with zero attached hydrogens (tertiary/aromatic N) is 2. The first-order valence-electron chi connectivity index (χ1n) is 9.65. The van der Waals surface area contributed by atoms with E-state index in [9.17, 15) is 0 Å². The van der Waals surface area contributed by atoms with Crippen molar-refractivity contribution in [3.8, 4) is 0 Å². The van der Waals surface area contributed by atoms with E-state index in [4.69, 9.17) is 4.42 Å². The van der Waals surface area contributed by atoms with Crippen molar-refractivity contribution in [2.24, 2.45) is 0 Å². The summed E-state index contributed by atoms with van der Waals surface area (Å²) in [6.07, 6.45) is 0. The van der Waals surface area contributed by atoms with Crippen LogP contribution in [0.25, 0.3) is 21.9 Å². The van der Waals surface area contributed by atoms with Crippen LogP contribution in [-0.2, 0) is 0 Å². The van der Waals surface area contributed by atoms with Crippen LogP contribution in [0.1, 0.15) is 19.4 Å². The van der Waals surface area contributed by atoms with Crippen molar-refractivity contribution in [1.29, 1.82) is 0 Å². The maximum atomic E-state index is 6.45. The fourth-order valence-electron chi connectivity index (χ4n) is 4.54. The van der Waals surface area contributed by atoms with Crippen LogP contribution in [0.3, 0.4) is 0 Å². The number of hydrogen-bond donors (Lipinski definition) is 0. The molecule has 28 heavy (non-hydrogen) atoms. The van der Waals surface area contributed by atoms with Crippen molar-refractivity contribution in [3.05, 3.63) is 66.2 Å². The molecule has 0 spiro atoms. The van der Waals surface area contributed by atoms with Crippen LogP contribution in [0.2, 0.25) is 0 Å². The van der Waals surface area contributed by atoms with Crippen molar-refractivity contribution < 1.29 is 23.4 Å². The molecule has 0 aliphatic carbocycles. The molecule has 3 nitrogen and oxygen atoms in total. The molecule has 5 rings (SSSR count). The monoisotopic (exact) mass is 485 g/mol. The van der Waals surface area contributed by atoms with E-state index in [1.54, 1.807) is 0 Å². The number of rotatable bonds is 2. The molecule has 1 aliphatic heterocycles. The van der Waals surface area contributed by atoms with Gasteiger partial charge in [-0.3, -0.25) is 0 Å². The Morgan fingerprint density at radius 1 is 0.821 bits per heavy atom. The number of anilines is 3. The summed E-state index contributed by atoms with van der Waals surface area (Å²) in [6, 6.07) is 22.1. The van der Waals surface area contributed by atoms with E-state index in [1.165, 1.54) is 33.4 Å². The van der Waals surface area contributed by atoms with Gasteiger partial charge in [-0.2, -0.15) is 0 Å². The minimum atomic E-state index is -2.53.